The third-order valence-corrected chi connectivity index (χ3v) is 2.75. The van der Waals surface area contributed by atoms with Crippen LogP contribution in [0.1, 0.15) is 39.5 Å². The van der Waals surface area contributed by atoms with Gasteiger partial charge in [-0.05, 0) is 19.3 Å². The Balaban J connectivity index is 2.77. The van der Waals surface area contributed by atoms with E-state index in [1.807, 2.05) is 13.8 Å². The molecule has 0 atom stereocenters. The fraction of sp³-hybridized carbons (Fsp3) is 0.636. The van der Waals surface area contributed by atoms with E-state index in [9.17, 15) is 9.59 Å². The largest absolute Gasteiger partial charge is 0.274 e. The first-order valence-electron chi connectivity index (χ1n) is 5.16. The van der Waals surface area contributed by atoms with Gasteiger partial charge in [-0.2, -0.15) is 0 Å². The molecule has 0 aromatic heterocycles. The van der Waals surface area contributed by atoms with Gasteiger partial charge in [-0.15, -0.1) is 0 Å². The van der Waals surface area contributed by atoms with E-state index < -0.39 is 0 Å². The summed E-state index contributed by atoms with van der Waals surface area (Å²) >= 11 is 0. The molecule has 14 heavy (non-hydrogen) atoms. The first-order chi connectivity index (χ1) is 6.61. The summed E-state index contributed by atoms with van der Waals surface area (Å²) in [6.07, 6.45) is 2.63. The van der Waals surface area contributed by atoms with Crippen LogP contribution in [-0.2, 0) is 9.59 Å². The molecule has 0 aromatic rings. The number of rotatable bonds is 3. The molecule has 3 heteroatoms. The Kier molecular flexibility index (Phi) is 3.44. The molecular formula is C11H17NO2. The van der Waals surface area contributed by atoms with E-state index in [0.29, 0.717) is 18.5 Å². The van der Waals surface area contributed by atoms with Crippen LogP contribution in [0.3, 0.4) is 0 Å². The fourth-order valence-electron chi connectivity index (χ4n) is 1.75. The van der Waals surface area contributed by atoms with Crippen molar-refractivity contribution in [3.05, 3.63) is 12.3 Å². The lowest BCUT2D eigenvalue weighted by Crippen LogP contribution is -2.35. The second-order valence-corrected chi connectivity index (χ2v) is 3.65. The SMILES string of the molecule is C=C1CCC(=O)N1C(=O)C(CC)CC. The third-order valence-electron chi connectivity index (χ3n) is 2.75. The highest BCUT2D eigenvalue weighted by atomic mass is 16.2. The standard InChI is InChI=1S/C11H17NO2/c1-4-9(5-2)11(14)12-8(3)6-7-10(12)13/h9H,3-7H2,1-2H3. The van der Waals surface area contributed by atoms with Gasteiger partial charge in [0.05, 0.1) is 0 Å². The summed E-state index contributed by atoms with van der Waals surface area (Å²) in [4.78, 5) is 24.6. The van der Waals surface area contributed by atoms with Gasteiger partial charge < -0.3 is 0 Å². The van der Waals surface area contributed by atoms with E-state index in [4.69, 9.17) is 0 Å². The second-order valence-electron chi connectivity index (χ2n) is 3.65. The van der Waals surface area contributed by atoms with Crippen LogP contribution in [0.4, 0.5) is 0 Å². The number of imide groups is 1. The van der Waals surface area contributed by atoms with Gasteiger partial charge in [-0.3, -0.25) is 14.5 Å². The van der Waals surface area contributed by atoms with Crippen molar-refractivity contribution >= 4 is 11.8 Å². The smallest absolute Gasteiger partial charge is 0.236 e. The van der Waals surface area contributed by atoms with Crippen molar-refractivity contribution in [1.29, 1.82) is 0 Å². The fourth-order valence-corrected chi connectivity index (χ4v) is 1.75. The van der Waals surface area contributed by atoms with Crippen LogP contribution in [-0.4, -0.2) is 16.7 Å². The summed E-state index contributed by atoms with van der Waals surface area (Å²) in [6.45, 7) is 7.68. The molecule has 0 radical (unpaired) electrons. The Morgan fingerprint density at radius 1 is 1.43 bits per heavy atom. The molecule has 0 aromatic carbocycles. The van der Waals surface area contributed by atoms with E-state index in [1.165, 1.54) is 4.90 Å². The highest BCUT2D eigenvalue weighted by Gasteiger charge is 2.32. The lowest BCUT2D eigenvalue weighted by molar-refractivity contribution is -0.142. The summed E-state index contributed by atoms with van der Waals surface area (Å²) in [5.74, 6) is -0.191. The summed E-state index contributed by atoms with van der Waals surface area (Å²) in [7, 11) is 0. The van der Waals surface area contributed by atoms with Crippen molar-refractivity contribution in [3.8, 4) is 0 Å². The average Bonchev–Trinajstić information content (AvgIpc) is 2.48. The molecule has 2 amide bonds. The number of amides is 2. The third kappa shape index (κ3) is 1.86. The van der Waals surface area contributed by atoms with Gasteiger partial charge in [0.15, 0.2) is 0 Å². The van der Waals surface area contributed by atoms with Crippen molar-refractivity contribution in [2.75, 3.05) is 0 Å². The second kappa shape index (κ2) is 4.40. The quantitative estimate of drug-likeness (QED) is 0.691. The average molecular weight is 195 g/mol. The number of nitrogens with zero attached hydrogens (tertiary/aromatic N) is 1. The zero-order chi connectivity index (χ0) is 10.7. The number of hydrogen-bond acceptors (Lipinski definition) is 2. The molecule has 1 fully saturated rings. The van der Waals surface area contributed by atoms with Crippen LogP contribution >= 0.6 is 0 Å². The summed E-state index contributed by atoms with van der Waals surface area (Å²) < 4.78 is 0. The number of carbonyl (C=O) groups is 2. The Morgan fingerprint density at radius 3 is 2.36 bits per heavy atom. The Morgan fingerprint density at radius 2 is 2.00 bits per heavy atom. The Labute approximate surface area is 84.8 Å². The molecule has 0 spiro atoms. The molecule has 1 rings (SSSR count). The van der Waals surface area contributed by atoms with Crippen LogP contribution in [0.5, 0.6) is 0 Å². The van der Waals surface area contributed by atoms with E-state index in [1.54, 1.807) is 0 Å². The predicted molar refractivity (Wildman–Crippen MR) is 54.3 cm³/mol. The van der Waals surface area contributed by atoms with Gasteiger partial charge in [-0.25, -0.2) is 0 Å². The zero-order valence-corrected chi connectivity index (χ0v) is 8.88. The highest BCUT2D eigenvalue weighted by Crippen LogP contribution is 2.24. The van der Waals surface area contributed by atoms with Crippen LogP contribution in [0.2, 0.25) is 0 Å². The van der Waals surface area contributed by atoms with Gasteiger partial charge in [0.1, 0.15) is 0 Å². The number of likely N-dealkylation sites (tertiary alicyclic amines) is 1. The van der Waals surface area contributed by atoms with Gasteiger partial charge in [0.25, 0.3) is 0 Å². The minimum atomic E-state index is -0.0908. The monoisotopic (exact) mass is 195 g/mol. The molecule has 3 nitrogen and oxygen atoms in total. The molecule has 78 valence electrons. The van der Waals surface area contributed by atoms with Crippen LogP contribution < -0.4 is 0 Å². The molecular weight excluding hydrogens is 178 g/mol. The van der Waals surface area contributed by atoms with Crippen LogP contribution in [0, 0.1) is 5.92 Å². The number of allylic oxidation sites excluding steroid dienone is 1. The maximum absolute atomic E-state index is 11.9. The molecule has 0 N–H and O–H groups in total. The van der Waals surface area contributed by atoms with Crippen LogP contribution in [0.15, 0.2) is 12.3 Å². The molecule has 0 bridgehead atoms. The topological polar surface area (TPSA) is 37.4 Å². The molecule has 0 aliphatic carbocycles. The van der Waals surface area contributed by atoms with Crippen molar-refractivity contribution in [3.63, 3.8) is 0 Å². The van der Waals surface area contributed by atoms with Gasteiger partial charge in [-0.1, -0.05) is 20.4 Å². The van der Waals surface area contributed by atoms with Crippen molar-refractivity contribution in [2.24, 2.45) is 5.92 Å². The summed E-state index contributed by atoms with van der Waals surface area (Å²) in [6, 6.07) is 0. The van der Waals surface area contributed by atoms with Crippen molar-refractivity contribution in [2.45, 2.75) is 39.5 Å². The Hall–Kier alpha value is -1.12. The van der Waals surface area contributed by atoms with Crippen LogP contribution in [0.25, 0.3) is 0 Å². The lowest BCUT2D eigenvalue weighted by Gasteiger charge is -2.20. The molecule has 1 saturated heterocycles. The highest BCUT2D eigenvalue weighted by molar-refractivity contribution is 6.00. The molecule has 1 aliphatic rings. The van der Waals surface area contributed by atoms with Crippen molar-refractivity contribution < 1.29 is 9.59 Å². The number of hydrogen-bond donors (Lipinski definition) is 0. The molecule has 1 aliphatic heterocycles. The minimum absolute atomic E-state index is 0.0335. The van der Waals surface area contributed by atoms with Crippen molar-refractivity contribution in [1.82, 2.24) is 4.90 Å². The zero-order valence-electron chi connectivity index (χ0n) is 8.88. The van der Waals surface area contributed by atoms with E-state index in [-0.39, 0.29) is 17.7 Å². The molecule has 0 saturated carbocycles. The molecule has 0 unspecified atom stereocenters. The first kappa shape index (κ1) is 11.0. The molecule has 1 heterocycles. The Bertz CT molecular complexity index is 250. The summed E-state index contributed by atoms with van der Waals surface area (Å²) in [5.41, 5.74) is 0.659. The van der Waals surface area contributed by atoms with Gasteiger partial charge >= 0.3 is 0 Å². The van der Waals surface area contributed by atoms with E-state index >= 15 is 0 Å². The maximum atomic E-state index is 11.9. The summed E-state index contributed by atoms with van der Waals surface area (Å²) in [5, 5.41) is 0. The maximum Gasteiger partial charge on any atom is 0.236 e. The normalized spacial score (nSPS) is 16.9. The van der Waals surface area contributed by atoms with E-state index in [2.05, 4.69) is 6.58 Å². The number of carbonyl (C=O) groups excluding carboxylic acids is 2. The van der Waals surface area contributed by atoms with E-state index in [0.717, 1.165) is 12.8 Å². The van der Waals surface area contributed by atoms with Gasteiger partial charge in [0, 0.05) is 18.0 Å². The lowest BCUT2D eigenvalue weighted by atomic mass is 10.0. The minimum Gasteiger partial charge on any atom is -0.274 e. The van der Waals surface area contributed by atoms with Gasteiger partial charge in [0.2, 0.25) is 11.8 Å². The first-order valence-corrected chi connectivity index (χ1v) is 5.16. The predicted octanol–water partition coefficient (Wildman–Crippen LogP) is 2.09.